The topological polar surface area (TPSA) is 49.3 Å². The number of carbonyl (C=O) groups is 1. The Labute approximate surface area is 103 Å². The average molecular weight is 261 g/mol. The molecule has 0 heterocycles. The smallest absolute Gasteiger partial charge is 0.417 e. The number of hydrogen-bond acceptors (Lipinski definition) is 2. The van der Waals surface area contributed by atoms with Crippen LogP contribution in [0, 0.1) is 6.92 Å². The maximum absolute atomic E-state index is 12.7. The van der Waals surface area contributed by atoms with Crippen LogP contribution in [-0.4, -0.2) is 22.8 Å². The van der Waals surface area contributed by atoms with E-state index in [9.17, 15) is 18.0 Å². The van der Waals surface area contributed by atoms with Gasteiger partial charge >= 0.3 is 12.1 Å². The van der Waals surface area contributed by atoms with Gasteiger partial charge in [-0.25, -0.2) is 4.79 Å². The van der Waals surface area contributed by atoms with E-state index in [0.29, 0.717) is 12.5 Å². The van der Waals surface area contributed by atoms with Crippen LogP contribution in [0.3, 0.4) is 0 Å². The van der Waals surface area contributed by atoms with Gasteiger partial charge in [0, 0.05) is 6.54 Å². The number of rotatable bonds is 4. The van der Waals surface area contributed by atoms with Gasteiger partial charge in [-0.2, -0.15) is 13.2 Å². The Morgan fingerprint density at radius 1 is 1.39 bits per heavy atom. The monoisotopic (exact) mass is 261 g/mol. The van der Waals surface area contributed by atoms with Crippen LogP contribution >= 0.6 is 0 Å². The Bertz CT molecular complexity index is 445. The van der Waals surface area contributed by atoms with Gasteiger partial charge in [0.1, 0.15) is 0 Å². The van der Waals surface area contributed by atoms with E-state index in [2.05, 4.69) is 5.32 Å². The molecule has 0 radical (unpaired) electrons. The van der Waals surface area contributed by atoms with E-state index in [1.54, 1.807) is 18.2 Å². The number of aliphatic carboxylic acids is 1. The number of carboxylic acid groups (broad SMARTS) is 1. The van der Waals surface area contributed by atoms with E-state index in [1.165, 1.54) is 0 Å². The molecule has 0 saturated heterocycles. The summed E-state index contributed by atoms with van der Waals surface area (Å²) in [5, 5.41) is 10.8. The first-order chi connectivity index (χ1) is 8.17. The van der Waals surface area contributed by atoms with Gasteiger partial charge in [-0.15, -0.1) is 0 Å². The van der Waals surface area contributed by atoms with E-state index >= 15 is 0 Å². The van der Waals surface area contributed by atoms with Gasteiger partial charge in [-0.1, -0.05) is 29.8 Å². The zero-order valence-electron chi connectivity index (χ0n) is 10.0. The predicted octanol–water partition coefficient (Wildman–Crippen LogP) is 2.49. The van der Waals surface area contributed by atoms with Crippen LogP contribution in [0.25, 0.3) is 0 Å². The second-order valence-corrected chi connectivity index (χ2v) is 4.27. The first-order valence-corrected chi connectivity index (χ1v) is 5.27. The van der Waals surface area contributed by atoms with Crippen molar-refractivity contribution in [1.82, 2.24) is 5.32 Å². The van der Waals surface area contributed by atoms with Crippen molar-refractivity contribution < 1.29 is 23.1 Å². The van der Waals surface area contributed by atoms with E-state index in [-0.39, 0.29) is 6.54 Å². The molecule has 1 aromatic carbocycles. The summed E-state index contributed by atoms with van der Waals surface area (Å²) in [6.07, 6.45) is -4.86. The van der Waals surface area contributed by atoms with Crippen molar-refractivity contribution in [3.8, 4) is 0 Å². The number of nitrogens with one attached hydrogen (secondary N) is 1. The van der Waals surface area contributed by atoms with Crippen molar-refractivity contribution in [2.75, 3.05) is 0 Å². The molecule has 3 nitrogen and oxygen atoms in total. The van der Waals surface area contributed by atoms with Gasteiger partial charge < -0.3 is 5.11 Å². The Kier molecular flexibility index (Phi) is 4.01. The quantitative estimate of drug-likeness (QED) is 0.875. The zero-order chi connectivity index (χ0) is 14.0. The number of benzene rings is 1. The van der Waals surface area contributed by atoms with Crippen molar-refractivity contribution in [2.45, 2.75) is 32.1 Å². The lowest BCUT2D eigenvalue weighted by atomic mass is 10.0. The third-order valence-corrected chi connectivity index (χ3v) is 2.72. The fraction of sp³-hybridized carbons (Fsp3) is 0.417. The molecule has 1 rings (SSSR count). The van der Waals surface area contributed by atoms with Gasteiger partial charge in [-0.05, 0) is 19.4 Å². The first kappa shape index (κ1) is 14.5. The van der Waals surface area contributed by atoms with Crippen LogP contribution in [0.5, 0.6) is 0 Å². The molecule has 2 N–H and O–H groups in total. The van der Waals surface area contributed by atoms with Crippen molar-refractivity contribution in [3.63, 3.8) is 0 Å². The van der Waals surface area contributed by atoms with Gasteiger partial charge in [0.25, 0.3) is 0 Å². The van der Waals surface area contributed by atoms with E-state index in [0.717, 1.165) is 5.56 Å². The highest BCUT2D eigenvalue weighted by Gasteiger charge is 2.57. The zero-order valence-corrected chi connectivity index (χ0v) is 10.0. The number of aryl methyl sites for hydroxylation is 1. The lowest BCUT2D eigenvalue weighted by molar-refractivity contribution is -0.206. The lowest BCUT2D eigenvalue weighted by Gasteiger charge is -2.28. The molecule has 0 aliphatic heterocycles. The van der Waals surface area contributed by atoms with Crippen LogP contribution in [-0.2, 0) is 11.3 Å². The van der Waals surface area contributed by atoms with Gasteiger partial charge in [0.2, 0.25) is 5.54 Å². The molecular weight excluding hydrogens is 247 g/mol. The van der Waals surface area contributed by atoms with Crippen molar-refractivity contribution >= 4 is 5.97 Å². The summed E-state index contributed by atoms with van der Waals surface area (Å²) in [5.41, 5.74) is -1.44. The van der Waals surface area contributed by atoms with Crippen LogP contribution in [0.4, 0.5) is 13.2 Å². The second kappa shape index (κ2) is 4.97. The highest BCUT2D eigenvalue weighted by molar-refractivity contribution is 5.79. The molecule has 0 spiro atoms. The minimum atomic E-state index is -4.86. The van der Waals surface area contributed by atoms with Crippen LogP contribution in [0.2, 0.25) is 0 Å². The third-order valence-electron chi connectivity index (χ3n) is 2.72. The Balaban J connectivity index is 2.85. The highest BCUT2D eigenvalue weighted by atomic mass is 19.4. The van der Waals surface area contributed by atoms with Gasteiger partial charge in [0.05, 0.1) is 0 Å². The summed E-state index contributed by atoms with van der Waals surface area (Å²) < 4.78 is 38.1. The molecule has 100 valence electrons. The summed E-state index contributed by atoms with van der Waals surface area (Å²) in [6, 6.07) is 6.85. The average Bonchev–Trinajstić information content (AvgIpc) is 2.24. The van der Waals surface area contributed by atoms with E-state index in [4.69, 9.17) is 5.11 Å². The molecule has 1 unspecified atom stereocenters. The number of carboxylic acids is 1. The summed E-state index contributed by atoms with van der Waals surface area (Å²) >= 11 is 0. The van der Waals surface area contributed by atoms with E-state index < -0.39 is 17.7 Å². The first-order valence-electron chi connectivity index (χ1n) is 5.27. The standard InChI is InChI=1S/C12H14F3NO2/c1-8-4-3-5-9(6-8)7-16-11(2,10(17)18)12(13,14)15/h3-6,16H,7H2,1-2H3,(H,17,18). The molecule has 1 aromatic rings. The molecule has 6 heteroatoms. The van der Waals surface area contributed by atoms with Crippen molar-refractivity contribution in [2.24, 2.45) is 0 Å². The molecule has 0 aliphatic rings. The molecule has 0 fully saturated rings. The molecule has 0 saturated carbocycles. The molecular formula is C12H14F3NO2. The summed E-state index contributed by atoms with van der Waals surface area (Å²) in [6.45, 7) is 2.26. The van der Waals surface area contributed by atoms with E-state index in [1.807, 2.05) is 13.0 Å². The van der Waals surface area contributed by atoms with Gasteiger partial charge in [0.15, 0.2) is 0 Å². The molecule has 0 aliphatic carbocycles. The summed E-state index contributed by atoms with van der Waals surface area (Å²) in [7, 11) is 0. The largest absolute Gasteiger partial charge is 0.480 e. The number of alkyl halides is 3. The molecule has 18 heavy (non-hydrogen) atoms. The number of halogens is 3. The van der Waals surface area contributed by atoms with Crippen LogP contribution in [0.1, 0.15) is 18.1 Å². The normalized spacial score (nSPS) is 15.2. The molecule has 0 amide bonds. The Morgan fingerprint density at radius 3 is 2.44 bits per heavy atom. The van der Waals surface area contributed by atoms with Crippen LogP contribution < -0.4 is 5.32 Å². The Hall–Kier alpha value is -1.56. The van der Waals surface area contributed by atoms with Gasteiger partial charge in [-0.3, -0.25) is 5.32 Å². The Morgan fingerprint density at radius 2 is 2.00 bits per heavy atom. The minimum absolute atomic E-state index is 0.163. The second-order valence-electron chi connectivity index (χ2n) is 4.27. The van der Waals surface area contributed by atoms with Crippen molar-refractivity contribution in [1.29, 1.82) is 0 Å². The minimum Gasteiger partial charge on any atom is -0.480 e. The lowest BCUT2D eigenvalue weighted by Crippen LogP contribution is -2.59. The maximum atomic E-state index is 12.7. The fourth-order valence-electron chi connectivity index (χ4n) is 1.40. The third kappa shape index (κ3) is 3.01. The SMILES string of the molecule is Cc1cccc(CNC(C)(C(=O)O)C(F)(F)F)c1. The summed E-state index contributed by atoms with van der Waals surface area (Å²) in [5.74, 6) is -1.94. The summed E-state index contributed by atoms with van der Waals surface area (Å²) in [4.78, 5) is 10.8. The number of hydrogen-bond donors (Lipinski definition) is 2. The maximum Gasteiger partial charge on any atom is 0.417 e. The predicted molar refractivity (Wildman–Crippen MR) is 60.1 cm³/mol. The molecule has 0 bridgehead atoms. The van der Waals surface area contributed by atoms with Crippen LogP contribution in [0.15, 0.2) is 24.3 Å². The molecule has 0 aromatic heterocycles. The fourth-order valence-corrected chi connectivity index (χ4v) is 1.40. The van der Waals surface area contributed by atoms with Crippen molar-refractivity contribution in [3.05, 3.63) is 35.4 Å². The highest BCUT2D eigenvalue weighted by Crippen LogP contribution is 2.30. The molecule has 1 atom stereocenters.